The number of allylic oxidation sites excluding steroid dienone is 1. The van der Waals surface area contributed by atoms with Gasteiger partial charge in [-0.1, -0.05) is 6.08 Å². The van der Waals surface area contributed by atoms with Gasteiger partial charge in [-0.25, -0.2) is 13.9 Å². The van der Waals surface area contributed by atoms with Gasteiger partial charge >= 0.3 is 0 Å². The second kappa shape index (κ2) is 8.27. The smallest absolute Gasteiger partial charge is 0.257 e. The highest BCUT2D eigenvalue weighted by atomic mass is 19.1. The lowest BCUT2D eigenvalue weighted by molar-refractivity contribution is 0.0942. The number of carbonyl (C=O) groups excluding carboxylic acids is 1. The highest BCUT2D eigenvalue weighted by Crippen LogP contribution is 2.34. The molecule has 0 saturated carbocycles. The first kappa shape index (κ1) is 21.0. The molecule has 0 aromatic carbocycles. The number of nitrogens with zero attached hydrogens (tertiary/aromatic N) is 6. The van der Waals surface area contributed by atoms with E-state index in [9.17, 15) is 14.0 Å². The van der Waals surface area contributed by atoms with E-state index >= 15 is 0 Å². The lowest BCUT2D eigenvalue weighted by atomic mass is 10.1. The van der Waals surface area contributed by atoms with Gasteiger partial charge in [-0.2, -0.15) is 5.10 Å². The molecule has 5 rings (SSSR count). The predicted molar refractivity (Wildman–Crippen MR) is 122 cm³/mol. The normalized spacial score (nSPS) is 22.3. The molecule has 10 heteroatoms. The van der Waals surface area contributed by atoms with Gasteiger partial charge in [0.2, 0.25) is 0 Å². The molecule has 3 aromatic rings. The lowest BCUT2D eigenvalue weighted by Gasteiger charge is -2.26. The monoisotopic (exact) mass is 449 g/mol. The SMILES string of the molecule is CC1N=CC=CC1NC(=O)c1cnn2ccc(N3CCC[C@@H]3c3cc(F)cn(C)c3=O)nc12. The number of amides is 1. The van der Waals surface area contributed by atoms with Gasteiger partial charge in [0.1, 0.15) is 17.2 Å². The number of hydrogen-bond donors (Lipinski definition) is 1. The number of carbonyl (C=O) groups is 1. The fraction of sp³-hybridized carbons (Fsp3) is 0.348. The molecular formula is C23H24FN7O2. The average Bonchev–Trinajstić information content (AvgIpc) is 3.44. The van der Waals surface area contributed by atoms with E-state index in [0.717, 1.165) is 6.42 Å². The van der Waals surface area contributed by atoms with Crippen molar-refractivity contribution >= 4 is 23.6 Å². The summed E-state index contributed by atoms with van der Waals surface area (Å²) in [6.45, 7) is 2.60. The second-order valence-corrected chi connectivity index (χ2v) is 8.42. The van der Waals surface area contributed by atoms with Crippen molar-refractivity contribution in [2.45, 2.75) is 37.9 Å². The second-order valence-electron chi connectivity index (χ2n) is 8.42. The number of nitrogens with one attached hydrogen (secondary N) is 1. The van der Waals surface area contributed by atoms with Gasteiger partial charge in [0, 0.05) is 37.8 Å². The van der Waals surface area contributed by atoms with Gasteiger partial charge in [-0.15, -0.1) is 0 Å². The number of aryl methyl sites for hydroxylation is 1. The molecule has 3 atom stereocenters. The maximum atomic E-state index is 14.1. The van der Waals surface area contributed by atoms with E-state index in [2.05, 4.69) is 15.4 Å². The van der Waals surface area contributed by atoms with Crippen molar-refractivity contribution in [3.8, 4) is 0 Å². The molecule has 2 aliphatic heterocycles. The Labute approximate surface area is 189 Å². The summed E-state index contributed by atoms with van der Waals surface area (Å²) in [7, 11) is 1.54. The Morgan fingerprint density at radius 3 is 3.00 bits per heavy atom. The van der Waals surface area contributed by atoms with Gasteiger partial charge < -0.3 is 14.8 Å². The quantitative estimate of drug-likeness (QED) is 0.658. The maximum Gasteiger partial charge on any atom is 0.257 e. The van der Waals surface area contributed by atoms with Crippen LogP contribution in [0, 0.1) is 5.82 Å². The van der Waals surface area contributed by atoms with Crippen LogP contribution in [0.15, 0.2) is 52.7 Å². The zero-order valence-electron chi connectivity index (χ0n) is 18.3. The van der Waals surface area contributed by atoms with Gasteiger partial charge in [-0.3, -0.25) is 14.6 Å². The number of anilines is 1. The standard InChI is InChI=1S/C23H24FN7O2/c1-14-18(5-3-8-25-14)27-22(32)17-12-26-31-10-7-20(28-21(17)31)30-9-4-6-19(30)16-11-15(24)13-29(2)23(16)33/h3,5,7-8,10-14,18-19H,4,6,9H2,1-2H3,(H,27,32)/t14?,18?,19-/m1/s1. The summed E-state index contributed by atoms with van der Waals surface area (Å²) in [5, 5.41) is 7.23. The first-order valence-electron chi connectivity index (χ1n) is 10.9. The Kier molecular flexibility index (Phi) is 5.27. The molecule has 2 unspecified atom stereocenters. The molecule has 9 nitrogen and oxygen atoms in total. The molecule has 1 fully saturated rings. The average molecular weight is 449 g/mol. The van der Waals surface area contributed by atoms with E-state index in [1.165, 1.54) is 23.0 Å². The largest absolute Gasteiger partial charge is 0.349 e. The van der Waals surface area contributed by atoms with E-state index in [1.54, 1.807) is 30.0 Å². The van der Waals surface area contributed by atoms with Gasteiger partial charge in [0.15, 0.2) is 5.65 Å². The van der Waals surface area contributed by atoms with Crippen LogP contribution in [0.25, 0.3) is 5.65 Å². The highest BCUT2D eigenvalue weighted by molar-refractivity contribution is 6.00. The fourth-order valence-electron chi connectivity index (χ4n) is 4.48. The minimum Gasteiger partial charge on any atom is -0.349 e. The zero-order valence-corrected chi connectivity index (χ0v) is 18.3. The van der Waals surface area contributed by atoms with Crippen molar-refractivity contribution in [2.24, 2.45) is 12.0 Å². The Hall–Kier alpha value is -3.82. The predicted octanol–water partition coefficient (Wildman–Crippen LogP) is 2.04. The molecule has 2 aliphatic rings. The first-order chi connectivity index (χ1) is 15.9. The number of dihydropyridines is 1. The highest BCUT2D eigenvalue weighted by Gasteiger charge is 2.30. The van der Waals surface area contributed by atoms with E-state index in [4.69, 9.17) is 4.98 Å². The molecule has 5 heterocycles. The summed E-state index contributed by atoms with van der Waals surface area (Å²) in [6, 6.07) is 2.53. The summed E-state index contributed by atoms with van der Waals surface area (Å²) in [5.74, 6) is -0.126. The molecule has 33 heavy (non-hydrogen) atoms. The van der Waals surface area contributed by atoms with E-state index in [1.807, 2.05) is 24.0 Å². The van der Waals surface area contributed by atoms with Crippen LogP contribution in [0.1, 0.15) is 41.7 Å². The number of fused-ring (bicyclic) bond motifs is 1. The number of rotatable bonds is 4. The molecule has 170 valence electrons. The van der Waals surface area contributed by atoms with Gasteiger partial charge in [0.05, 0.1) is 24.3 Å². The third-order valence-corrected chi connectivity index (χ3v) is 6.23. The van der Waals surface area contributed by atoms with Crippen molar-refractivity contribution in [3.05, 3.63) is 70.2 Å². The van der Waals surface area contributed by atoms with Crippen molar-refractivity contribution in [3.63, 3.8) is 0 Å². The van der Waals surface area contributed by atoms with E-state index in [0.29, 0.717) is 35.6 Å². The first-order valence-corrected chi connectivity index (χ1v) is 10.9. The van der Waals surface area contributed by atoms with Crippen LogP contribution in [0.3, 0.4) is 0 Å². The Morgan fingerprint density at radius 2 is 2.18 bits per heavy atom. The van der Waals surface area contributed by atoms with E-state index in [-0.39, 0.29) is 29.6 Å². The van der Waals surface area contributed by atoms with Crippen LogP contribution in [-0.2, 0) is 7.05 Å². The van der Waals surface area contributed by atoms with Crippen LogP contribution >= 0.6 is 0 Å². The van der Waals surface area contributed by atoms with Crippen LogP contribution < -0.4 is 15.8 Å². The summed E-state index contributed by atoms with van der Waals surface area (Å²) >= 11 is 0. The van der Waals surface area contributed by atoms with Crippen LogP contribution in [-0.4, -0.2) is 49.9 Å². The molecule has 1 amide bonds. The number of pyridine rings is 1. The molecule has 0 aliphatic carbocycles. The minimum absolute atomic E-state index is 0.0662. The molecule has 0 radical (unpaired) electrons. The van der Waals surface area contributed by atoms with Gasteiger partial charge in [0.25, 0.3) is 11.5 Å². The third-order valence-electron chi connectivity index (χ3n) is 6.23. The van der Waals surface area contributed by atoms with Crippen molar-refractivity contribution in [2.75, 3.05) is 11.4 Å². The van der Waals surface area contributed by atoms with Crippen molar-refractivity contribution < 1.29 is 9.18 Å². The molecule has 1 saturated heterocycles. The maximum absolute atomic E-state index is 14.1. The van der Waals surface area contributed by atoms with Gasteiger partial charge in [-0.05, 0) is 38.0 Å². The molecule has 3 aromatic heterocycles. The van der Waals surface area contributed by atoms with Crippen LogP contribution in [0.2, 0.25) is 0 Å². The molecule has 1 N–H and O–H groups in total. The fourth-order valence-corrected chi connectivity index (χ4v) is 4.48. The third kappa shape index (κ3) is 3.81. The molecule has 0 spiro atoms. The lowest BCUT2D eigenvalue weighted by Crippen LogP contribution is -2.41. The van der Waals surface area contributed by atoms with Crippen LogP contribution in [0.5, 0.6) is 0 Å². The number of aromatic nitrogens is 4. The number of aliphatic imine (C=N–C) groups is 1. The van der Waals surface area contributed by atoms with Crippen molar-refractivity contribution in [1.82, 2.24) is 24.5 Å². The molecular weight excluding hydrogens is 425 g/mol. The number of hydrogen-bond acceptors (Lipinski definition) is 6. The summed E-state index contributed by atoms with van der Waals surface area (Å²) in [6.07, 6.45) is 11.4. The Morgan fingerprint density at radius 1 is 1.33 bits per heavy atom. The molecule has 0 bridgehead atoms. The Balaban J connectivity index is 1.47. The summed E-state index contributed by atoms with van der Waals surface area (Å²) < 4.78 is 16.9. The minimum atomic E-state index is -0.451. The number of halogens is 1. The zero-order chi connectivity index (χ0) is 23.1. The van der Waals surface area contributed by atoms with Crippen LogP contribution in [0.4, 0.5) is 10.2 Å². The topological polar surface area (TPSA) is 96.9 Å². The summed E-state index contributed by atoms with van der Waals surface area (Å²) in [4.78, 5) is 36.7. The Bertz CT molecular complexity index is 1340. The van der Waals surface area contributed by atoms with E-state index < -0.39 is 5.82 Å². The summed E-state index contributed by atoms with van der Waals surface area (Å²) in [5.41, 5.74) is 0.945. The van der Waals surface area contributed by atoms with Crippen molar-refractivity contribution in [1.29, 1.82) is 0 Å².